The van der Waals surface area contributed by atoms with Gasteiger partial charge in [-0.05, 0) is 50.3 Å². The molecule has 0 bridgehead atoms. The highest BCUT2D eigenvalue weighted by atomic mass is 35.5. The maximum absolute atomic E-state index is 12.4. The first kappa shape index (κ1) is 19.5. The largest absolute Gasteiger partial charge is 0.342 e. The number of piperidine rings is 1. The van der Waals surface area contributed by atoms with Crippen molar-refractivity contribution in [1.82, 2.24) is 4.90 Å². The first-order valence-corrected chi connectivity index (χ1v) is 10.6. The molecule has 134 valence electrons. The van der Waals surface area contributed by atoms with Crippen LogP contribution in [0, 0.1) is 5.92 Å². The highest BCUT2D eigenvalue weighted by Gasteiger charge is 2.28. The van der Waals surface area contributed by atoms with Crippen LogP contribution in [0.2, 0.25) is 10.0 Å². The van der Waals surface area contributed by atoms with Crippen molar-refractivity contribution in [3.05, 3.63) is 33.8 Å². The van der Waals surface area contributed by atoms with E-state index in [0.717, 1.165) is 18.4 Å². The predicted octanol–water partition coefficient (Wildman–Crippen LogP) is 3.60. The van der Waals surface area contributed by atoms with Gasteiger partial charge >= 0.3 is 0 Å². The van der Waals surface area contributed by atoms with E-state index in [-0.39, 0.29) is 29.2 Å². The van der Waals surface area contributed by atoms with Gasteiger partial charge in [-0.3, -0.25) is 4.79 Å². The third kappa shape index (κ3) is 5.11. The zero-order valence-electron chi connectivity index (χ0n) is 14.0. The monoisotopic (exact) mass is 391 g/mol. The molecule has 0 N–H and O–H groups in total. The maximum atomic E-state index is 12.4. The number of nitrogens with zero attached hydrogens (tertiary/aromatic N) is 1. The molecule has 0 saturated carbocycles. The molecule has 1 saturated heterocycles. The van der Waals surface area contributed by atoms with Crippen molar-refractivity contribution in [2.24, 2.45) is 5.92 Å². The number of likely N-dealkylation sites (tertiary alicyclic amines) is 1. The summed E-state index contributed by atoms with van der Waals surface area (Å²) in [7, 11) is -3.03. The SMILES string of the molecule is CC(C)S(=O)(=O)CC1CCN(C(=O)Cc2ccc(Cl)cc2Cl)CC1. The fraction of sp³-hybridized carbons (Fsp3) is 0.588. The van der Waals surface area contributed by atoms with Crippen molar-refractivity contribution in [1.29, 1.82) is 0 Å². The van der Waals surface area contributed by atoms with E-state index in [9.17, 15) is 13.2 Å². The lowest BCUT2D eigenvalue weighted by molar-refractivity contribution is -0.131. The molecule has 1 aromatic rings. The Bertz CT molecular complexity index is 696. The first-order valence-electron chi connectivity index (χ1n) is 8.12. The Kier molecular flexibility index (Phi) is 6.57. The van der Waals surface area contributed by atoms with Crippen molar-refractivity contribution in [3.8, 4) is 0 Å². The number of hydrogen-bond donors (Lipinski definition) is 0. The van der Waals surface area contributed by atoms with Crippen molar-refractivity contribution in [2.45, 2.75) is 38.4 Å². The lowest BCUT2D eigenvalue weighted by Crippen LogP contribution is -2.41. The average Bonchev–Trinajstić information content (AvgIpc) is 2.50. The van der Waals surface area contributed by atoms with E-state index in [4.69, 9.17) is 23.2 Å². The molecule has 1 aromatic carbocycles. The normalized spacial score (nSPS) is 16.6. The number of halogens is 2. The van der Waals surface area contributed by atoms with Crippen LogP contribution in [0.15, 0.2) is 18.2 Å². The Morgan fingerprint density at radius 3 is 2.42 bits per heavy atom. The summed E-state index contributed by atoms with van der Waals surface area (Å²) in [6.45, 7) is 4.62. The average molecular weight is 392 g/mol. The molecular weight excluding hydrogens is 369 g/mol. The summed E-state index contributed by atoms with van der Waals surface area (Å²) in [4.78, 5) is 14.2. The summed E-state index contributed by atoms with van der Waals surface area (Å²) in [6, 6.07) is 5.12. The van der Waals surface area contributed by atoms with E-state index in [2.05, 4.69) is 0 Å². The topological polar surface area (TPSA) is 54.5 Å². The standard InChI is InChI=1S/C17H23Cl2NO3S/c1-12(2)24(22,23)11-13-5-7-20(8-6-13)17(21)9-14-3-4-15(18)10-16(14)19/h3-4,10,12-13H,5-9,11H2,1-2H3. The van der Waals surface area contributed by atoms with Crippen LogP contribution in [0.5, 0.6) is 0 Å². The quantitative estimate of drug-likeness (QED) is 0.770. The van der Waals surface area contributed by atoms with Crippen LogP contribution in [0.25, 0.3) is 0 Å². The van der Waals surface area contributed by atoms with Gasteiger partial charge in [0.25, 0.3) is 0 Å². The molecule has 1 heterocycles. The van der Waals surface area contributed by atoms with E-state index in [1.165, 1.54) is 0 Å². The number of benzene rings is 1. The molecule has 2 rings (SSSR count). The van der Waals surface area contributed by atoms with Crippen LogP contribution in [-0.2, 0) is 21.1 Å². The Morgan fingerprint density at radius 2 is 1.88 bits per heavy atom. The first-order chi connectivity index (χ1) is 11.2. The van der Waals surface area contributed by atoms with Gasteiger partial charge in [0.1, 0.15) is 0 Å². The van der Waals surface area contributed by atoms with Crippen LogP contribution in [0.4, 0.5) is 0 Å². The predicted molar refractivity (Wildman–Crippen MR) is 98.4 cm³/mol. The van der Waals surface area contributed by atoms with Crippen molar-refractivity contribution in [2.75, 3.05) is 18.8 Å². The molecule has 1 aliphatic rings. The van der Waals surface area contributed by atoms with Gasteiger partial charge in [0, 0.05) is 23.1 Å². The Hall–Kier alpha value is -0.780. The molecule has 0 radical (unpaired) electrons. The second-order valence-electron chi connectivity index (χ2n) is 6.61. The number of amides is 1. The van der Waals surface area contributed by atoms with Gasteiger partial charge in [-0.2, -0.15) is 0 Å². The lowest BCUT2D eigenvalue weighted by atomic mass is 9.98. The molecule has 1 fully saturated rings. The second kappa shape index (κ2) is 8.07. The number of carbonyl (C=O) groups excluding carboxylic acids is 1. The molecule has 7 heteroatoms. The fourth-order valence-corrected chi connectivity index (χ4v) is 4.66. The molecule has 0 unspecified atom stereocenters. The van der Waals surface area contributed by atoms with E-state index in [1.807, 2.05) is 0 Å². The van der Waals surface area contributed by atoms with Crippen LogP contribution >= 0.6 is 23.2 Å². The third-order valence-electron chi connectivity index (χ3n) is 4.51. The minimum absolute atomic E-state index is 0.0180. The van der Waals surface area contributed by atoms with Crippen LogP contribution in [-0.4, -0.2) is 43.3 Å². The van der Waals surface area contributed by atoms with Gasteiger partial charge < -0.3 is 4.90 Å². The zero-order valence-corrected chi connectivity index (χ0v) is 16.3. The molecule has 4 nitrogen and oxygen atoms in total. The van der Waals surface area contributed by atoms with Gasteiger partial charge in [0.15, 0.2) is 9.84 Å². The van der Waals surface area contributed by atoms with E-state index >= 15 is 0 Å². The van der Waals surface area contributed by atoms with E-state index < -0.39 is 9.84 Å². The number of carbonyl (C=O) groups is 1. The van der Waals surface area contributed by atoms with Gasteiger partial charge in [0.05, 0.1) is 17.4 Å². The van der Waals surface area contributed by atoms with E-state index in [0.29, 0.717) is 23.1 Å². The minimum Gasteiger partial charge on any atom is -0.342 e. The molecule has 1 amide bonds. The lowest BCUT2D eigenvalue weighted by Gasteiger charge is -2.32. The summed E-state index contributed by atoms with van der Waals surface area (Å²) >= 11 is 12.0. The van der Waals surface area contributed by atoms with Gasteiger partial charge in [0.2, 0.25) is 5.91 Å². The molecule has 24 heavy (non-hydrogen) atoms. The maximum Gasteiger partial charge on any atom is 0.227 e. The number of hydrogen-bond acceptors (Lipinski definition) is 3. The molecule has 0 aromatic heterocycles. The molecule has 0 atom stereocenters. The van der Waals surface area contributed by atoms with Crippen LogP contribution < -0.4 is 0 Å². The van der Waals surface area contributed by atoms with Crippen molar-refractivity contribution >= 4 is 38.9 Å². The van der Waals surface area contributed by atoms with Crippen LogP contribution in [0.3, 0.4) is 0 Å². The smallest absolute Gasteiger partial charge is 0.227 e. The third-order valence-corrected chi connectivity index (χ3v) is 7.47. The van der Waals surface area contributed by atoms with Gasteiger partial charge in [-0.25, -0.2) is 8.42 Å². The van der Waals surface area contributed by atoms with Gasteiger partial charge in [-0.15, -0.1) is 0 Å². The summed E-state index contributed by atoms with van der Waals surface area (Å²) in [6.07, 6.45) is 1.70. The fourth-order valence-electron chi connectivity index (χ4n) is 2.81. The summed E-state index contributed by atoms with van der Waals surface area (Å²) in [5.41, 5.74) is 0.760. The van der Waals surface area contributed by atoms with Crippen LogP contribution in [0.1, 0.15) is 32.3 Å². The number of sulfone groups is 1. The minimum atomic E-state index is -3.03. The Morgan fingerprint density at radius 1 is 1.25 bits per heavy atom. The summed E-state index contributed by atoms with van der Waals surface area (Å²) in [5, 5.41) is 0.696. The number of rotatable bonds is 5. The van der Waals surface area contributed by atoms with Gasteiger partial charge in [-0.1, -0.05) is 29.3 Å². The summed E-state index contributed by atoms with van der Waals surface area (Å²) < 4.78 is 24.0. The Labute approximate surface area is 154 Å². The van der Waals surface area contributed by atoms with Crippen molar-refractivity contribution in [3.63, 3.8) is 0 Å². The van der Waals surface area contributed by atoms with Crippen molar-refractivity contribution < 1.29 is 13.2 Å². The zero-order chi connectivity index (χ0) is 17.9. The molecule has 0 aliphatic carbocycles. The molecule has 1 aliphatic heterocycles. The summed E-state index contributed by atoms with van der Waals surface area (Å²) in [5.74, 6) is 0.375. The highest BCUT2D eigenvalue weighted by molar-refractivity contribution is 7.91. The second-order valence-corrected chi connectivity index (χ2v) is 10.1. The van der Waals surface area contributed by atoms with E-state index in [1.54, 1.807) is 36.9 Å². The molecular formula is C17H23Cl2NO3S. The molecule has 0 spiro atoms. The Balaban J connectivity index is 1.89. The highest BCUT2D eigenvalue weighted by Crippen LogP contribution is 2.24.